The first-order chi connectivity index (χ1) is 11.9. The summed E-state index contributed by atoms with van der Waals surface area (Å²) in [4.78, 5) is 37.4. The van der Waals surface area contributed by atoms with Gasteiger partial charge in [0.05, 0.1) is 17.7 Å². The van der Waals surface area contributed by atoms with E-state index >= 15 is 0 Å². The molecule has 1 fully saturated rings. The van der Waals surface area contributed by atoms with Gasteiger partial charge >= 0.3 is 5.97 Å². The van der Waals surface area contributed by atoms with Gasteiger partial charge in [0.25, 0.3) is 5.91 Å². The highest BCUT2D eigenvalue weighted by Gasteiger charge is 2.40. The number of amides is 2. The van der Waals surface area contributed by atoms with Crippen molar-refractivity contribution in [1.82, 2.24) is 0 Å². The third kappa shape index (κ3) is 3.41. The molecule has 2 aromatic carbocycles. The van der Waals surface area contributed by atoms with Crippen LogP contribution in [0.3, 0.4) is 0 Å². The number of nitrogens with zero attached hydrogens (tertiary/aromatic N) is 1. The number of carbonyl (C=O) groups is 3. The van der Waals surface area contributed by atoms with Crippen LogP contribution in [0.2, 0.25) is 0 Å². The molecule has 0 spiro atoms. The van der Waals surface area contributed by atoms with E-state index in [9.17, 15) is 14.4 Å². The molecule has 3 rings (SSSR count). The summed E-state index contributed by atoms with van der Waals surface area (Å²) in [6.45, 7) is 1.73. The lowest BCUT2D eigenvalue weighted by Crippen LogP contribution is -2.35. The summed E-state index contributed by atoms with van der Waals surface area (Å²) in [5.41, 5.74) is 1.73. The molecule has 0 radical (unpaired) electrons. The molecule has 0 saturated carbocycles. The number of halogens is 1. The number of aromatic carboxylic acids is 1. The number of imide groups is 1. The maximum atomic E-state index is 12.7. The lowest BCUT2D eigenvalue weighted by molar-refractivity contribution is -0.121. The molecule has 25 heavy (non-hydrogen) atoms. The molecule has 1 saturated heterocycles. The second kappa shape index (κ2) is 6.68. The Balaban J connectivity index is 1.89. The average Bonchev–Trinajstić information content (AvgIpc) is 2.82. The predicted molar refractivity (Wildman–Crippen MR) is 96.8 cm³/mol. The van der Waals surface area contributed by atoms with Gasteiger partial charge in [0.15, 0.2) is 0 Å². The maximum absolute atomic E-state index is 12.7. The molecule has 2 amide bonds. The molecule has 2 N–H and O–H groups in total. The zero-order valence-corrected chi connectivity index (χ0v) is 14.9. The fraction of sp³-hybridized carbons (Fsp3) is 0.167. The van der Waals surface area contributed by atoms with Crippen molar-refractivity contribution in [3.05, 3.63) is 58.1 Å². The highest BCUT2D eigenvalue weighted by Crippen LogP contribution is 2.29. The van der Waals surface area contributed by atoms with Gasteiger partial charge in [-0.15, -0.1) is 0 Å². The van der Waals surface area contributed by atoms with Crippen LogP contribution in [0.25, 0.3) is 0 Å². The lowest BCUT2D eigenvalue weighted by Gasteiger charge is -2.18. The average molecular weight is 403 g/mol. The summed E-state index contributed by atoms with van der Waals surface area (Å²) in [6.07, 6.45) is 0.0160. The van der Waals surface area contributed by atoms with Crippen LogP contribution in [0.15, 0.2) is 46.9 Å². The van der Waals surface area contributed by atoms with Crippen molar-refractivity contribution in [3.8, 4) is 0 Å². The van der Waals surface area contributed by atoms with Gasteiger partial charge in [0, 0.05) is 10.2 Å². The second-order valence-corrected chi connectivity index (χ2v) is 6.70. The van der Waals surface area contributed by atoms with E-state index in [1.807, 2.05) is 24.3 Å². The topological polar surface area (TPSA) is 86.7 Å². The minimum absolute atomic E-state index is 0.0160. The Morgan fingerprint density at radius 2 is 2.00 bits per heavy atom. The van der Waals surface area contributed by atoms with Crippen LogP contribution < -0.4 is 10.2 Å². The zero-order chi connectivity index (χ0) is 18.1. The van der Waals surface area contributed by atoms with Gasteiger partial charge in [-0.3, -0.25) is 9.59 Å². The Hall–Kier alpha value is -2.67. The zero-order valence-electron chi connectivity index (χ0n) is 13.3. The van der Waals surface area contributed by atoms with Gasteiger partial charge < -0.3 is 10.4 Å². The third-order valence-electron chi connectivity index (χ3n) is 4.01. The van der Waals surface area contributed by atoms with Crippen molar-refractivity contribution >= 4 is 45.1 Å². The number of aryl methyl sites for hydroxylation is 1. The number of anilines is 2. The van der Waals surface area contributed by atoms with Crippen LogP contribution >= 0.6 is 15.9 Å². The fourth-order valence-corrected chi connectivity index (χ4v) is 3.16. The molecule has 7 heteroatoms. The Labute approximate surface area is 152 Å². The largest absolute Gasteiger partial charge is 0.478 e. The van der Waals surface area contributed by atoms with Gasteiger partial charge in [0.1, 0.15) is 6.04 Å². The van der Waals surface area contributed by atoms with Crippen LogP contribution in [-0.4, -0.2) is 28.9 Å². The van der Waals surface area contributed by atoms with Crippen molar-refractivity contribution in [2.24, 2.45) is 0 Å². The molecule has 1 unspecified atom stereocenters. The molecule has 2 aromatic rings. The number of carboxylic acid groups (broad SMARTS) is 1. The standard InChI is InChI=1S/C18H15BrN2O4/c1-10-5-6-11(18(24)25)7-15(10)21-16(22)9-14(17(21)23)20-13-4-2-3-12(19)8-13/h2-8,14,20H,9H2,1H3,(H,24,25). The molecular formula is C18H15BrN2O4. The molecule has 1 heterocycles. The molecule has 6 nitrogen and oxygen atoms in total. The third-order valence-corrected chi connectivity index (χ3v) is 4.50. The van der Waals surface area contributed by atoms with Crippen LogP contribution in [0.5, 0.6) is 0 Å². The van der Waals surface area contributed by atoms with Crippen LogP contribution in [0.1, 0.15) is 22.3 Å². The summed E-state index contributed by atoms with van der Waals surface area (Å²) >= 11 is 3.36. The van der Waals surface area contributed by atoms with E-state index in [1.54, 1.807) is 13.0 Å². The van der Waals surface area contributed by atoms with Gasteiger partial charge in [0.2, 0.25) is 5.91 Å². The van der Waals surface area contributed by atoms with Crippen LogP contribution in [-0.2, 0) is 9.59 Å². The van der Waals surface area contributed by atoms with Gasteiger partial charge in [-0.25, -0.2) is 9.69 Å². The van der Waals surface area contributed by atoms with E-state index in [4.69, 9.17) is 5.11 Å². The van der Waals surface area contributed by atoms with Crippen LogP contribution in [0, 0.1) is 6.92 Å². The number of hydrogen-bond acceptors (Lipinski definition) is 4. The highest BCUT2D eigenvalue weighted by atomic mass is 79.9. The van der Waals surface area contributed by atoms with Gasteiger partial charge in [-0.05, 0) is 42.8 Å². The Bertz CT molecular complexity index is 881. The highest BCUT2D eigenvalue weighted by molar-refractivity contribution is 9.10. The van der Waals surface area contributed by atoms with E-state index in [-0.39, 0.29) is 17.9 Å². The van der Waals surface area contributed by atoms with Crippen molar-refractivity contribution in [1.29, 1.82) is 0 Å². The van der Waals surface area contributed by atoms with Crippen molar-refractivity contribution in [2.75, 3.05) is 10.2 Å². The van der Waals surface area contributed by atoms with Gasteiger partial charge in [-0.2, -0.15) is 0 Å². The van der Waals surface area contributed by atoms with Crippen molar-refractivity contribution in [3.63, 3.8) is 0 Å². The normalized spacial score (nSPS) is 17.0. The molecule has 0 aliphatic carbocycles. The number of hydrogen-bond donors (Lipinski definition) is 2. The molecular weight excluding hydrogens is 388 g/mol. The smallest absolute Gasteiger partial charge is 0.335 e. The first kappa shape index (κ1) is 17.2. The fourth-order valence-electron chi connectivity index (χ4n) is 2.76. The minimum atomic E-state index is -1.11. The SMILES string of the molecule is Cc1ccc(C(=O)O)cc1N1C(=O)CC(Nc2cccc(Br)c2)C1=O. The number of nitrogens with one attached hydrogen (secondary N) is 1. The first-order valence-electron chi connectivity index (χ1n) is 7.59. The van der Waals surface area contributed by atoms with Crippen LogP contribution in [0.4, 0.5) is 11.4 Å². The Morgan fingerprint density at radius 3 is 2.68 bits per heavy atom. The number of benzene rings is 2. The molecule has 128 valence electrons. The van der Waals surface area contributed by atoms with Crippen molar-refractivity contribution < 1.29 is 19.5 Å². The van der Waals surface area contributed by atoms with Gasteiger partial charge in [-0.1, -0.05) is 28.1 Å². The molecule has 0 bridgehead atoms. The van der Waals surface area contributed by atoms with E-state index in [2.05, 4.69) is 21.2 Å². The molecule has 1 aliphatic rings. The Morgan fingerprint density at radius 1 is 1.24 bits per heavy atom. The van der Waals surface area contributed by atoms with E-state index in [0.717, 1.165) is 15.1 Å². The predicted octanol–water partition coefficient (Wildman–Crippen LogP) is 3.20. The first-order valence-corrected chi connectivity index (χ1v) is 8.39. The minimum Gasteiger partial charge on any atom is -0.478 e. The van der Waals surface area contributed by atoms with E-state index in [0.29, 0.717) is 11.3 Å². The second-order valence-electron chi connectivity index (χ2n) is 5.79. The Kier molecular flexibility index (Phi) is 4.59. The molecule has 0 aromatic heterocycles. The number of carbonyl (C=O) groups excluding carboxylic acids is 2. The summed E-state index contributed by atoms with van der Waals surface area (Å²) in [7, 11) is 0. The summed E-state index contributed by atoms with van der Waals surface area (Å²) < 4.78 is 0.858. The summed E-state index contributed by atoms with van der Waals surface area (Å²) in [5.74, 6) is -1.86. The number of carboxylic acids is 1. The van der Waals surface area contributed by atoms with E-state index < -0.39 is 17.9 Å². The van der Waals surface area contributed by atoms with Crippen molar-refractivity contribution in [2.45, 2.75) is 19.4 Å². The quantitative estimate of drug-likeness (QED) is 0.766. The number of rotatable bonds is 4. The lowest BCUT2D eigenvalue weighted by atomic mass is 10.1. The summed E-state index contributed by atoms with van der Waals surface area (Å²) in [5, 5.41) is 12.2. The summed E-state index contributed by atoms with van der Waals surface area (Å²) in [6, 6.07) is 11.0. The molecule has 1 atom stereocenters. The molecule has 1 aliphatic heterocycles. The monoisotopic (exact) mass is 402 g/mol. The van der Waals surface area contributed by atoms with E-state index in [1.165, 1.54) is 12.1 Å². The maximum Gasteiger partial charge on any atom is 0.335 e.